The van der Waals surface area contributed by atoms with Gasteiger partial charge in [-0.3, -0.25) is 4.79 Å². The number of carbonyl (C=O) groups is 1. The molecule has 0 radical (unpaired) electrons. The average Bonchev–Trinajstić information content (AvgIpc) is 2.28. The Kier molecular flexibility index (Phi) is 3.15. The van der Waals surface area contributed by atoms with Gasteiger partial charge in [0, 0.05) is 0 Å². The topological polar surface area (TPSA) is 55.8 Å². The summed E-state index contributed by atoms with van der Waals surface area (Å²) in [6.45, 7) is 4.33. The van der Waals surface area contributed by atoms with E-state index in [0.29, 0.717) is 35.3 Å². The van der Waals surface area contributed by atoms with Crippen LogP contribution >= 0.6 is 11.6 Å². The van der Waals surface area contributed by atoms with Crippen molar-refractivity contribution in [3.8, 4) is 11.5 Å². The summed E-state index contributed by atoms with van der Waals surface area (Å²) in [5, 5.41) is 9.40. The van der Waals surface area contributed by atoms with E-state index in [9.17, 15) is 4.79 Å². The highest BCUT2D eigenvalue weighted by atomic mass is 35.5. The van der Waals surface area contributed by atoms with E-state index in [1.54, 1.807) is 13.0 Å². The molecule has 0 aromatic heterocycles. The third-order valence-corrected chi connectivity index (χ3v) is 3.20. The number of carboxylic acid groups (broad SMARTS) is 1. The number of halogens is 1. The second-order valence-corrected chi connectivity index (χ2v) is 4.38. The van der Waals surface area contributed by atoms with Gasteiger partial charge in [0.25, 0.3) is 0 Å². The van der Waals surface area contributed by atoms with Crippen LogP contribution in [0.5, 0.6) is 11.5 Å². The van der Waals surface area contributed by atoms with Gasteiger partial charge in [-0.2, -0.15) is 0 Å². The summed E-state index contributed by atoms with van der Waals surface area (Å²) in [5.74, 6) is -0.545. The van der Waals surface area contributed by atoms with Gasteiger partial charge in [-0.05, 0) is 31.0 Å². The van der Waals surface area contributed by atoms with Gasteiger partial charge < -0.3 is 14.6 Å². The Morgan fingerprint density at radius 3 is 2.76 bits per heavy atom. The van der Waals surface area contributed by atoms with Crippen LogP contribution in [0.25, 0.3) is 0 Å². The zero-order valence-corrected chi connectivity index (χ0v) is 10.4. The third kappa shape index (κ3) is 2.05. The smallest absolute Gasteiger partial charge is 0.310 e. The van der Waals surface area contributed by atoms with E-state index < -0.39 is 11.9 Å². The van der Waals surface area contributed by atoms with Crippen LogP contribution in [0.4, 0.5) is 0 Å². The van der Waals surface area contributed by atoms with Crippen LogP contribution < -0.4 is 9.47 Å². The molecule has 1 aliphatic heterocycles. The van der Waals surface area contributed by atoms with Gasteiger partial charge in [-0.25, -0.2) is 0 Å². The number of benzene rings is 1. The number of carboxylic acids is 1. The Labute approximate surface area is 104 Å². The Morgan fingerprint density at radius 2 is 2.12 bits per heavy atom. The molecule has 1 aliphatic rings. The van der Waals surface area contributed by atoms with E-state index in [2.05, 4.69) is 0 Å². The molecule has 92 valence electrons. The van der Waals surface area contributed by atoms with Crippen LogP contribution in [-0.4, -0.2) is 24.3 Å². The molecule has 1 aromatic rings. The van der Waals surface area contributed by atoms with Crippen LogP contribution in [0, 0.1) is 6.92 Å². The number of hydrogen-bond acceptors (Lipinski definition) is 3. The van der Waals surface area contributed by atoms with Crippen molar-refractivity contribution >= 4 is 17.6 Å². The number of aliphatic carboxylic acids is 1. The Hall–Kier alpha value is -1.42. The zero-order valence-electron chi connectivity index (χ0n) is 9.62. The van der Waals surface area contributed by atoms with E-state index >= 15 is 0 Å². The van der Waals surface area contributed by atoms with Crippen molar-refractivity contribution in [2.75, 3.05) is 13.2 Å². The molecule has 0 fully saturated rings. The second-order valence-electron chi connectivity index (χ2n) is 4.01. The van der Waals surface area contributed by atoms with E-state index in [1.807, 2.05) is 6.92 Å². The molecule has 0 bridgehead atoms. The summed E-state index contributed by atoms with van der Waals surface area (Å²) in [5.41, 5.74) is 1.39. The Morgan fingerprint density at radius 1 is 1.47 bits per heavy atom. The van der Waals surface area contributed by atoms with Gasteiger partial charge in [0.1, 0.15) is 13.2 Å². The SMILES string of the molecule is Cc1cc2c(c(Cl)c1C(C)C(=O)O)OCCO2. The lowest BCUT2D eigenvalue weighted by molar-refractivity contribution is -0.138. The van der Waals surface area contributed by atoms with Crippen LogP contribution in [0.3, 0.4) is 0 Å². The maximum Gasteiger partial charge on any atom is 0.310 e. The predicted octanol–water partition coefficient (Wildman–Crippen LogP) is 2.61. The van der Waals surface area contributed by atoms with Crippen molar-refractivity contribution in [3.63, 3.8) is 0 Å². The predicted molar refractivity (Wildman–Crippen MR) is 63.2 cm³/mol. The summed E-state index contributed by atoms with van der Waals surface area (Å²) in [6, 6.07) is 1.77. The fourth-order valence-electron chi connectivity index (χ4n) is 1.94. The van der Waals surface area contributed by atoms with Crippen molar-refractivity contribution in [1.82, 2.24) is 0 Å². The molecular formula is C12H13ClO4. The maximum absolute atomic E-state index is 11.0. The van der Waals surface area contributed by atoms with Gasteiger partial charge in [0.15, 0.2) is 11.5 Å². The molecule has 1 unspecified atom stereocenters. The largest absolute Gasteiger partial charge is 0.486 e. The summed E-state index contributed by atoms with van der Waals surface area (Å²) in [4.78, 5) is 11.0. The van der Waals surface area contributed by atoms with Crippen LogP contribution in [0.1, 0.15) is 24.0 Å². The van der Waals surface area contributed by atoms with Crippen LogP contribution in [0.15, 0.2) is 6.07 Å². The summed E-state index contributed by atoms with van der Waals surface area (Å²) >= 11 is 6.20. The minimum Gasteiger partial charge on any atom is -0.486 e. The third-order valence-electron chi connectivity index (χ3n) is 2.82. The lowest BCUT2D eigenvalue weighted by Gasteiger charge is -2.23. The molecule has 0 amide bonds. The molecule has 1 atom stereocenters. The number of hydrogen-bond donors (Lipinski definition) is 1. The first-order valence-electron chi connectivity index (χ1n) is 5.33. The molecule has 0 aliphatic carbocycles. The number of rotatable bonds is 2. The van der Waals surface area contributed by atoms with Crippen molar-refractivity contribution in [3.05, 3.63) is 22.2 Å². The molecule has 1 N–H and O–H groups in total. The van der Waals surface area contributed by atoms with Gasteiger partial charge in [0.2, 0.25) is 0 Å². The highest BCUT2D eigenvalue weighted by Crippen LogP contribution is 2.43. The van der Waals surface area contributed by atoms with E-state index in [4.69, 9.17) is 26.2 Å². The first kappa shape index (κ1) is 12.0. The maximum atomic E-state index is 11.0. The van der Waals surface area contributed by atoms with Crippen molar-refractivity contribution in [2.45, 2.75) is 19.8 Å². The fraction of sp³-hybridized carbons (Fsp3) is 0.417. The van der Waals surface area contributed by atoms with Crippen molar-refractivity contribution in [1.29, 1.82) is 0 Å². The monoisotopic (exact) mass is 256 g/mol. The lowest BCUT2D eigenvalue weighted by Crippen LogP contribution is -2.18. The molecular weight excluding hydrogens is 244 g/mol. The lowest BCUT2D eigenvalue weighted by atomic mass is 9.95. The van der Waals surface area contributed by atoms with Crippen molar-refractivity contribution < 1.29 is 19.4 Å². The average molecular weight is 257 g/mol. The van der Waals surface area contributed by atoms with E-state index in [0.717, 1.165) is 5.56 Å². The standard InChI is InChI=1S/C12H13ClO4/c1-6-5-8-11(17-4-3-16-8)10(13)9(6)7(2)12(14)15/h5,7H,3-4H2,1-2H3,(H,14,15). The number of ether oxygens (including phenoxy) is 2. The van der Waals surface area contributed by atoms with Gasteiger partial charge in [-0.1, -0.05) is 11.6 Å². The molecule has 0 saturated carbocycles. The molecule has 1 heterocycles. The molecule has 1 aromatic carbocycles. The molecule has 17 heavy (non-hydrogen) atoms. The van der Waals surface area contributed by atoms with Crippen molar-refractivity contribution in [2.24, 2.45) is 0 Å². The first-order chi connectivity index (χ1) is 8.02. The highest BCUT2D eigenvalue weighted by molar-refractivity contribution is 6.33. The molecule has 4 nitrogen and oxygen atoms in total. The summed E-state index contributed by atoms with van der Waals surface area (Å²) in [6.07, 6.45) is 0. The van der Waals surface area contributed by atoms with E-state index in [1.165, 1.54) is 0 Å². The summed E-state index contributed by atoms with van der Waals surface area (Å²) in [7, 11) is 0. The van der Waals surface area contributed by atoms with Gasteiger partial charge >= 0.3 is 5.97 Å². The van der Waals surface area contributed by atoms with Gasteiger partial charge in [0.05, 0.1) is 10.9 Å². The zero-order chi connectivity index (χ0) is 12.6. The quantitative estimate of drug-likeness (QED) is 0.884. The first-order valence-corrected chi connectivity index (χ1v) is 5.71. The molecule has 0 spiro atoms. The fourth-order valence-corrected chi connectivity index (χ4v) is 2.40. The number of aryl methyl sites for hydroxylation is 1. The normalized spacial score (nSPS) is 15.5. The van der Waals surface area contributed by atoms with E-state index in [-0.39, 0.29) is 0 Å². The van der Waals surface area contributed by atoms with Crippen LogP contribution in [-0.2, 0) is 4.79 Å². The summed E-state index contributed by atoms with van der Waals surface area (Å²) < 4.78 is 10.9. The number of fused-ring (bicyclic) bond motifs is 1. The highest BCUT2D eigenvalue weighted by Gasteiger charge is 2.26. The minimum absolute atomic E-state index is 0.342. The van der Waals surface area contributed by atoms with Gasteiger partial charge in [-0.15, -0.1) is 0 Å². The molecule has 2 rings (SSSR count). The second kappa shape index (κ2) is 4.45. The minimum atomic E-state index is -0.910. The van der Waals surface area contributed by atoms with Crippen LogP contribution in [0.2, 0.25) is 5.02 Å². The molecule has 0 saturated heterocycles. The Balaban J connectivity index is 2.57. The Bertz CT molecular complexity index is 470. The molecule has 5 heteroatoms.